The Morgan fingerprint density at radius 2 is 2.00 bits per heavy atom. The highest BCUT2D eigenvalue weighted by Gasteiger charge is 2.12. The van der Waals surface area contributed by atoms with Crippen LogP contribution in [0.5, 0.6) is 0 Å². The Morgan fingerprint density at radius 3 is 2.63 bits per heavy atom. The van der Waals surface area contributed by atoms with Gasteiger partial charge in [0.05, 0.1) is 17.8 Å². The molecule has 0 aliphatic heterocycles. The van der Waals surface area contributed by atoms with Crippen molar-refractivity contribution in [2.45, 2.75) is 19.9 Å². The number of benzene rings is 1. The van der Waals surface area contributed by atoms with Crippen LogP contribution in [0.4, 0.5) is 0 Å². The number of H-pyrrole nitrogens is 1. The van der Waals surface area contributed by atoms with Crippen LogP contribution in [0.1, 0.15) is 25.5 Å². The number of nitrogens with zero attached hydrogens (tertiary/aromatic N) is 4. The topological polar surface area (TPSA) is 70.3 Å². The summed E-state index contributed by atoms with van der Waals surface area (Å²) >= 11 is 0. The van der Waals surface area contributed by atoms with Crippen molar-refractivity contribution in [3.8, 4) is 17.5 Å². The van der Waals surface area contributed by atoms with Crippen molar-refractivity contribution in [1.82, 2.24) is 19.7 Å². The third-order valence-corrected chi connectivity index (χ3v) is 3.02. The second-order valence-corrected chi connectivity index (χ2v) is 4.69. The lowest BCUT2D eigenvalue weighted by atomic mass is 10.1. The Morgan fingerprint density at radius 1 is 1.26 bits per heavy atom. The molecule has 5 heteroatoms. The van der Waals surface area contributed by atoms with Gasteiger partial charge in [-0.3, -0.25) is 0 Å². The van der Waals surface area contributed by atoms with Crippen LogP contribution < -0.4 is 0 Å². The van der Waals surface area contributed by atoms with Gasteiger partial charge in [0.2, 0.25) is 0 Å². The molecule has 0 spiro atoms. The first-order valence-electron chi connectivity index (χ1n) is 6.13. The molecule has 94 valence electrons. The lowest BCUT2D eigenvalue weighted by molar-refractivity contribution is 0.547. The second-order valence-electron chi connectivity index (χ2n) is 4.69. The Hall–Kier alpha value is -2.61. The summed E-state index contributed by atoms with van der Waals surface area (Å²) in [7, 11) is 0. The maximum absolute atomic E-state index is 8.79. The normalized spacial score (nSPS) is 11.1. The van der Waals surface area contributed by atoms with E-state index in [2.05, 4.69) is 35.0 Å². The zero-order chi connectivity index (χ0) is 13.4. The van der Waals surface area contributed by atoms with Crippen molar-refractivity contribution in [2.24, 2.45) is 0 Å². The van der Waals surface area contributed by atoms with E-state index < -0.39 is 0 Å². The SMILES string of the molecule is CC(C)n1ncc2[nH]c(-c3ccc(C#N)cc3)nc21. The molecule has 0 amide bonds. The van der Waals surface area contributed by atoms with Crippen LogP contribution in [0.2, 0.25) is 0 Å². The van der Waals surface area contributed by atoms with Gasteiger partial charge in [-0.1, -0.05) is 0 Å². The summed E-state index contributed by atoms with van der Waals surface area (Å²) in [6.45, 7) is 4.14. The Labute approximate surface area is 110 Å². The molecule has 1 N–H and O–H groups in total. The van der Waals surface area contributed by atoms with Gasteiger partial charge in [-0.05, 0) is 38.1 Å². The maximum Gasteiger partial charge on any atom is 0.176 e. The van der Waals surface area contributed by atoms with Crippen LogP contribution in [0.15, 0.2) is 30.5 Å². The van der Waals surface area contributed by atoms with Crippen molar-refractivity contribution in [3.05, 3.63) is 36.0 Å². The molecule has 0 saturated heterocycles. The van der Waals surface area contributed by atoms with E-state index in [1.165, 1.54) is 0 Å². The van der Waals surface area contributed by atoms with E-state index >= 15 is 0 Å². The van der Waals surface area contributed by atoms with Gasteiger partial charge in [-0.2, -0.15) is 10.4 Å². The predicted molar refractivity (Wildman–Crippen MR) is 72.4 cm³/mol. The maximum atomic E-state index is 8.79. The fraction of sp³-hybridized carbons (Fsp3) is 0.214. The van der Waals surface area contributed by atoms with E-state index in [1.807, 2.05) is 16.8 Å². The van der Waals surface area contributed by atoms with Crippen LogP contribution in [0, 0.1) is 11.3 Å². The smallest absolute Gasteiger partial charge is 0.176 e. The average molecular weight is 251 g/mol. The summed E-state index contributed by atoms with van der Waals surface area (Å²) in [5.41, 5.74) is 3.39. The molecule has 0 atom stereocenters. The predicted octanol–water partition coefficient (Wildman–Crippen LogP) is 2.88. The standard InChI is InChI=1S/C14H13N5/c1-9(2)19-14-12(8-16-19)17-13(18-14)11-5-3-10(7-15)4-6-11/h3-6,8-9H,1-2H3,(H,17,18). The van der Waals surface area contributed by atoms with Crippen molar-refractivity contribution in [2.75, 3.05) is 0 Å². The van der Waals surface area contributed by atoms with Crippen molar-refractivity contribution in [1.29, 1.82) is 5.26 Å². The molecule has 3 rings (SSSR count). The zero-order valence-electron chi connectivity index (χ0n) is 10.8. The minimum absolute atomic E-state index is 0.273. The van der Waals surface area contributed by atoms with Crippen LogP contribution in [0.25, 0.3) is 22.6 Å². The third kappa shape index (κ3) is 1.87. The summed E-state index contributed by atoms with van der Waals surface area (Å²) < 4.78 is 1.89. The van der Waals surface area contributed by atoms with Crippen LogP contribution in [0.3, 0.4) is 0 Å². The second kappa shape index (κ2) is 4.25. The number of aromatic amines is 1. The van der Waals surface area contributed by atoms with Gasteiger partial charge in [-0.25, -0.2) is 9.67 Å². The highest BCUT2D eigenvalue weighted by molar-refractivity contribution is 5.76. The Balaban J connectivity index is 2.07. The average Bonchev–Trinajstić information content (AvgIpc) is 2.98. The Kier molecular flexibility index (Phi) is 2.57. The van der Waals surface area contributed by atoms with Gasteiger partial charge in [0.15, 0.2) is 5.65 Å². The molecule has 19 heavy (non-hydrogen) atoms. The molecular weight excluding hydrogens is 238 g/mol. The summed E-state index contributed by atoms with van der Waals surface area (Å²) in [5, 5.41) is 13.1. The molecule has 3 aromatic rings. The summed E-state index contributed by atoms with van der Waals surface area (Å²) in [5.74, 6) is 0.797. The lowest BCUT2D eigenvalue weighted by Crippen LogP contribution is -2.02. The van der Waals surface area contributed by atoms with Gasteiger partial charge < -0.3 is 4.98 Å². The molecule has 0 aliphatic rings. The van der Waals surface area contributed by atoms with E-state index in [1.54, 1.807) is 18.3 Å². The van der Waals surface area contributed by atoms with Gasteiger partial charge in [-0.15, -0.1) is 0 Å². The number of aromatic nitrogens is 4. The molecule has 0 aliphatic carbocycles. The van der Waals surface area contributed by atoms with E-state index in [9.17, 15) is 0 Å². The molecule has 2 heterocycles. The molecule has 0 saturated carbocycles. The minimum Gasteiger partial charge on any atom is -0.335 e. The van der Waals surface area contributed by atoms with Crippen molar-refractivity contribution in [3.63, 3.8) is 0 Å². The van der Waals surface area contributed by atoms with E-state index in [-0.39, 0.29) is 6.04 Å². The fourth-order valence-electron chi connectivity index (χ4n) is 2.03. The highest BCUT2D eigenvalue weighted by atomic mass is 15.3. The number of nitriles is 1. The van der Waals surface area contributed by atoms with Crippen LogP contribution in [-0.4, -0.2) is 19.7 Å². The van der Waals surface area contributed by atoms with Crippen LogP contribution in [-0.2, 0) is 0 Å². The summed E-state index contributed by atoms with van der Waals surface area (Å²) in [6.07, 6.45) is 1.79. The number of hydrogen-bond donors (Lipinski definition) is 1. The largest absolute Gasteiger partial charge is 0.335 e. The molecular formula is C14H13N5. The molecule has 0 unspecified atom stereocenters. The molecule has 5 nitrogen and oxygen atoms in total. The number of hydrogen-bond acceptors (Lipinski definition) is 3. The number of nitrogens with one attached hydrogen (secondary N) is 1. The van der Waals surface area contributed by atoms with Gasteiger partial charge in [0, 0.05) is 11.6 Å². The first kappa shape index (κ1) is 11.5. The molecule has 2 aromatic heterocycles. The minimum atomic E-state index is 0.273. The fourth-order valence-corrected chi connectivity index (χ4v) is 2.03. The molecule has 0 radical (unpaired) electrons. The highest BCUT2D eigenvalue weighted by Crippen LogP contribution is 2.22. The zero-order valence-corrected chi connectivity index (χ0v) is 10.8. The quantitative estimate of drug-likeness (QED) is 0.761. The van der Waals surface area contributed by atoms with Gasteiger partial charge in [0.1, 0.15) is 11.3 Å². The third-order valence-electron chi connectivity index (χ3n) is 3.02. The lowest BCUT2D eigenvalue weighted by Gasteiger charge is -2.03. The van der Waals surface area contributed by atoms with Crippen molar-refractivity contribution < 1.29 is 0 Å². The number of rotatable bonds is 2. The number of fused-ring (bicyclic) bond motifs is 1. The first-order valence-corrected chi connectivity index (χ1v) is 6.13. The molecule has 0 bridgehead atoms. The Bertz CT molecular complexity index is 755. The first-order chi connectivity index (χ1) is 9.19. The van der Waals surface area contributed by atoms with E-state index in [4.69, 9.17) is 5.26 Å². The molecule has 0 fully saturated rings. The van der Waals surface area contributed by atoms with Crippen LogP contribution >= 0.6 is 0 Å². The van der Waals surface area contributed by atoms with Crippen molar-refractivity contribution >= 4 is 11.2 Å². The summed E-state index contributed by atoms with van der Waals surface area (Å²) in [4.78, 5) is 7.83. The van der Waals surface area contributed by atoms with E-state index in [0.717, 1.165) is 22.6 Å². The summed E-state index contributed by atoms with van der Waals surface area (Å²) in [6, 6.07) is 9.74. The van der Waals surface area contributed by atoms with E-state index in [0.29, 0.717) is 5.56 Å². The van der Waals surface area contributed by atoms with Gasteiger partial charge in [0.25, 0.3) is 0 Å². The van der Waals surface area contributed by atoms with Gasteiger partial charge >= 0.3 is 0 Å². The monoisotopic (exact) mass is 251 g/mol. The number of imidazole rings is 1. The molecule has 1 aromatic carbocycles.